The van der Waals surface area contributed by atoms with Gasteiger partial charge in [0.2, 0.25) is 0 Å². The molecule has 0 saturated heterocycles. The first-order chi connectivity index (χ1) is 12.1. The number of fused-ring (bicyclic) bond motifs is 1. The molecular formula is C19H21FN2O2S. The molecule has 1 N–H and O–H groups in total. The van der Waals surface area contributed by atoms with Crippen LogP contribution in [0.4, 0.5) is 10.1 Å². The van der Waals surface area contributed by atoms with E-state index in [4.69, 9.17) is 21.7 Å². The summed E-state index contributed by atoms with van der Waals surface area (Å²) < 4.78 is 25.4. The molecule has 25 heavy (non-hydrogen) atoms. The van der Waals surface area contributed by atoms with Crippen LogP contribution in [0.1, 0.15) is 12.5 Å². The average molecular weight is 360 g/mol. The second-order valence-corrected chi connectivity index (χ2v) is 6.32. The van der Waals surface area contributed by atoms with Crippen LogP contribution < -0.4 is 14.8 Å². The zero-order valence-corrected chi connectivity index (χ0v) is 15.1. The van der Waals surface area contributed by atoms with Gasteiger partial charge in [-0.2, -0.15) is 0 Å². The predicted octanol–water partition coefficient (Wildman–Crippen LogP) is 3.99. The molecule has 0 radical (unpaired) electrons. The maximum atomic E-state index is 13.7. The zero-order chi connectivity index (χ0) is 17.8. The molecule has 2 aromatic carbocycles. The van der Waals surface area contributed by atoms with Crippen molar-refractivity contribution in [1.29, 1.82) is 0 Å². The van der Waals surface area contributed by atoms with E-state index in [1.807, 2.05) is 42.2 Å². The van der Waals surface area contributed by atoms with Gasteiger partial charge in [0.1, 0.15) is 12.4 Å². The molecule has 0 aromatic heterocycles. The molecule has 0 aliphatic carbocycles. The minimum Gasteiger partial charge on any atom is -0.486 e. The smallest absolute Gasteiger partial charge is 0.173 e. The van der Waals surface area contributed by atoms with Gasteiger partial charge in [-0.3, -0.25) is 0 Å². The summed E-state index contributed by atoms with van der Waals surface area (Å²) in [5.41, 5.74) is 1.24. The van der Waals surface area contributed by atoms with Gasteiger partial charge in [0.15, 0.2) is 22.7 Å². The number of likely N-dealkylation sites (N-methyl/N-ethyl adjacent to an activating group) is 1. The van der Waals surface area contributed by atoms with Crippen molar-refractivity contribution in [3.8, 4) is 11.5 Å². The van der Waals surface area contributed by atoms with E-state index in [9.17, 15) is 4.39 Å². The Morgan fingerprint density at radius 2 is 2.04 bits per heavy atom. The first kappa shape index (κ1) is 17.5. The third-order valence-corrected chi connectivity index (χ3v) is 4.44. The highest BCUT2D eigenvalue weighted by atomic mass is 32.1. The highest BCUT2D eigenvalue weighted by molar-refractivity contribution is 7.80. The van der Waals surface area contributed by atoms with Crippen LogP contribution in [0.25, 0.3) is 0 Å². The van der Waals surface area contributed by atoms with Crippen LogP contribution in [-0.2, 0) is 0 Å². The first-order valence-electron chi connectivity index (χ1n) is 8.27. The largest absolute Gasteiger partial charge is 0.486 e. The zero-order valence-electron chi connectivity index (χ0n) is 14.3. The van der Waals surface area contributed by atoms with Crippen molar-refractivity contribution in [2.45, 2.75) is 20.0 Å². The van der Waals surface area contributed by atoms with Crippen LogP contribution in [0, 0.1) is 12.7 Å². The molecular weight excluding hydrogens is 339 g/mol. The fourth-order valence-electron chi connectivity index (χ4n) is 2.63. The highest BCUT2D eigenvalue weighted by Crippen LogP contribution is 2.31. The van der Waals surface area contributed by atoms with Gasteiger partial charge in [-0.25, -0.2) is 4.39 Å². The normalized spacial score (nSPS) is 15.6. The number of halogens is 1. The summed E-state index contributed by atoms with van der Waals surface area (Å²) >= 11 is 5.48. The Morgan fingerprint density at radius 3 is 2.76 bits per heavy atom. The number of rotatable bonds is 4. The van der Waals surface area contributed by atoms with E-state index >= 15 is 0 Å². The standard InChI is InChI=1S/C19H21FN2O2S/c1-3-22(19(25)21-14-9-8-13(2)16(20)10-14)11-15-12-23-17-6-4-5-7-18(17)24-15/h4-10,15H,3,11-12H2,1-2H3,(H,21,25). The van der Waals surface area contributed by atoms with E-state index in [1.54, 1.807) is 13.0 Å². The second kappa shape index (κ2) is 7.70. The third-order valence-electron chi connectivity index (χ3n) is 4.08. The van der Waals surface area contributed by atoms with Crippen molar-refractivity contribution in [2.75, 3.05) is 25.0 Å². The van der Waals surface area contributed by atoms with Crippen molar-refractivity contribution < 1.29 is 13.9 Å². The SMILES string of the molecule is CCN(CC1COc2ccccc2O1)C(=S)Nc1ccc(C)c(F)c1. The molecule has 1 aliphatic rings. The lowest BCUT2D eigenvalue weighted by molar-refractivity contribution is 0.0754. The topological polar surface area (TPSA) is 33.7 Å². The van der Waals surface area contributed by atoms with Gasteiger partial charge < -0.3 is 19.7 Å². The number of nitrogens with one attached hydrogen (secondary N) is 1. The van der Waals surface area contributed by atoms with E-state index in [2.05, 4.69) is 5.32 Å². The maximum Gasteiger partial charge on any atom is 0.173 e. The Balaban J connectivity index is 1.62. The molecule has 1 aliphatic heterocycles. The molecule has 3 rings (SSSR count). The Kier molecular flexibility index (Phi) is 5.38. The van der Waals surface area contributed by atoms with Gasteiger partial charge in [0.25, 0.3) is 0 Å². The van der Waals surface area contributed by atoms with E-state index in [0.717, 1.165) is 11.5 Å². The number of para-hydroxylation sites is 2. The molecule has 4 nitrogen and oxygen atoms in total. The van der Waals surface area contributed by atoms with E-state index in [1.165, 1.54) is 6.07 Å². The van der Waals surface area contributed by atoms with Crippen LogP contribution >= 0.6 is 12.2 Å². The third kappa shape index (κ3) is 4.20. The predicted molar refractivity (Wildman–Crippen MR) is 101 cm³/mol. The van der Waals surface area contributed by atoms with Gasteiger partial charge in [-0.1, -0.05) is 18.2 Å². The summed E-state index contributed by atoms with van der Waals surface area (Å²) in [4.78, 5) is 1.98. The molecule has 1 heterocycles. The number of anilines is 1. The van der Waals surface area contributed by atoms with Crippen LogP contribution in [0.5, 0.6) is 11.5 Å². The Hall–Kier alpha value is -2.34. The summed E-state index contributed by atoms with van der Waals surface area (Å²) in [6, 6.07) is 12.6. The van der Waals surface area contributed by atoms with E-state index in [-0.39, 0.29) is 11.9 Å². The fraction of sp³-hybridized carbons (Fsp3) is 0.316. The van der Waals surface area contributed by atoms with Crippen molar-refractivity contribution in [3.63, 3.8) is 0 Å². The molecule has 0 bridgehead atoms. The number of nitrogens with zero attached hydrogens (tertiary/aromatic N) is 1. The Morgan fingerprint density at radius 1 is 1.28 bits per heavy atom. The summed E-state index contributed by atoms with van der Waals surface area (Å²) in [6.45, 7) is 5.51. The molecule has 1 unspecified atom stereocenters. The summed E-state index contributed by atoms with van der Waals surface area (Å²) in [7, 11) is 0. The van der Waals surface area contributed by atoms with Crippen LogP contribution in [0.2, 0.25) is 0 Å². The van der Waals surface area contributed by atoms with Gasteiger partial charge in [-0.15, -0.1) is 0 Å². The first-order valence-corrected chi connectivity index (χ1v) is 8.68. The maximum absolute atomic E-state index is 13.7. The quantitative estimate of drug-likeness (QED) is 0.834. The average Bonchev–Trinajstić information content (AvgIpc) is 2.62. The summed E-state index contributed by atoms with van der Waals surface area (Å²) in [5.74, 6) is 1.25. The number of benzene rings is 2. The van der Waals surface area contributed by atoms with Gasteiger partial charge in [0, 0.05) is 12.2 Å². The lowest BCUT2D eigenvalue weighted by Gasteiger charge is -2.32. The summed E-state index contributed by atoms with van der Waals surface area (Å²) in [5, 5.41) is 3.63. The minimum absolute atomic E-state index is 0.121. The molecule has 6 heteroatoms. The highest BCUT2D eigenvalue weighted by Gasteiger charge is 2.23. The monoisotopic (exact) mass is 360 g/mol. The van der Waals surface area contributed by atoms with Crippen molar-refractivity contribution in [1.82, 2.24) is 4.90 Å². The second-order valence-electron chi connectivity index (χ2n) is 5.93. The van der Waals surface area contributed by atoms with Crippen molar-refractivity contribution in [2.24, 2.45) is 0 Å². The molecule has 2 aromatic rings. The lowest BCUT2D eigenvalue weighted by Crippen LogP contribution is -2.45. The number of thiocarbonyl (C=S) groups is 1. The Bertz CT molecular complexity index is 769. The van der Waals surface area contributed by atoms with Crippen LogP contribution in [0.15, 0.2) is 42.5 Å². The number of aryl methyl sites for hydroxylation is 1. The lowest BCUT2D eigenvalue weighted by atomic mass is 10.2. The molecule has 132 valence electrons. The number of hydrogen-bond acceptors (Lipinski definition) is 3. The fourth-order valence-corrected chi connectivity index (χ4v) is 2.95. The number of ether oxygens (including phenoxy) is 2. The Labute approximate surface area is 152 Å². The number of hydrogen-bond donors (Lipinski definition) is 1. The van der Waals surface area contributed by atoms with E-state index in [0.29, 0.717) is 36.1 Å². The van der Waals surface area contributed by atoms with Gasteiger partial charge >= 0.3 is 0 Å². The van der Waals surface area contributed by atoms with Crippen LogP contribution in [-0.4, -0.2) is 35.8 Å². The summed E-state index contributed by atoms with van der Waals surface area (Å²) in [6.07, 6.45) is -0.121. The molecule has 0 spiro atoms. The molecule has 0 fully saturated rings. The molecule has 0 saturated carbocycles. The van der Waals surface area contributed by atoms with Crippen LogP contribution in [0.3, 0.4) is 0 Å². The minimum atomic E-state index is -0.253. The molecule has 1 atom stereocenters. The molecule has 0 amide bonds. The van der Waals surface area contributed by atoms with Crippen molar-refractivity contribution >= 4 is 23.0 Å². The van der Waals surface area contributed by atoms with E-state index < -0.39 is 0 Å². The van der Waals surface area contributed by atoms with Crippen molar-refractivity contribution in [3.05, 3.63) is 53.8 Å². The van der Waals surface area contributed by atoms with Gasteiger partial charge in [0.05, 0.1) is 6.54 Å². The van der Waals surface area contributed by atoms with Gasteiger partial charge in [-0.05, 0) is 55.9 Å².